The third-order valence-corrected chi connectivity index (χ3v) is 3.89. The van der Waals surface area contributed by atoms with Gasteiger partial charge in [-0.2, -0.15) is 0 Å². The van der Waals surface area contributed by atoms with Crippen LogP contribution in [0.15, 0.2) is 12.1 Å². The lowest BCUT2D eigenvalue weighted by Gasteiger charge is -2.30. The Morgan fingerprint density at radius 2 is 1.94 bits per heavy atom. The predicted molar refractivity (Wildman–Crippen MR) is 75.3 cm³/mol. The first-order valence-corrected chi connectivity index (χ1v) is 6.40. The minimum absolute atomic E-state index is 0.160. The molecular weight excluding hydrogens is 224 g/mol. The second-order valence-corrected chi connectivity index (χ2v) is 5.99. The van der Waals surface area contributed by atoms with E-state index in [1.165, 1.54) is 0 Å². The van der Waals surface area contributed by atoms with Crippen molar-refractivity contribution >= 4 is 17.1 Å². The highest BCUT2D eigenvalue weighted by Gasteiger charge is 2.25. The van der Waals surface area contributed by atoms with E-state index >= 15 is 0 Å². The van der Waals surface area contributed by atoms with Crippen LogP contribution in [-0.2, 0) is 6.54 Å². The van der Waals surface area contributed by atoms with E-state index in [9.17, 15) is 0 Å². The minimum Gasteiger partial charge on any atom is -0.369 e. The number of pyridine rings is 1. The molecule has 4 nitrogen and oxygen atoms in total. The Hall–Kier alpha value is -1.58. The normalized spacial score (nSPS) is 12.6. The van der Waals surface area contributed by atoms with E-state index in [4.69, 9.17) is 5.73 Å². The SMILES string of the molecule is Cc1ccc2nc(N)n(CC(C)(C)C(C)C)c2n1. The highest BCUT2D eigenvalue weighted by molar-refractivity contribution is 5.74. The van der Waals surface area contributed by atoms with Gasteiger partial charge in [-0.1, -0.05) is 27.7 Å². The summed E-state index contributed by atoms with van der Waals surface area (Å²) in [6, 6.07) is 3.94. The van der Waals surface area contributed by atoms with Gasteiger partial charge in [0.25, 0.3) is 0 Å². The number of anilines is 1. The Labute approximate surface area is 108 Å². The number of aromatic nitrogens is 3. The van der Waals surface area contributed by atoms with Gasteiger partial charge < -0.3 is 5.73 Å². The number of aryl methyl sites for hydroxylation is 1. The van der Waals surface area contributed by atoms with Crippen molar-refractivity contribution in [1.29, 1.82) is 0 Å². The lowest BCUT2D eigenvalue weighted by molar-refractivity contribution is 0.213. The van der Waals surface area contributed by atoms with Crippen LogP contribution in [0.4, 0.5) is 5.95 Å². The molecule has 0 radical (unpaired) electrons. The summed E-state index contributed by atoms with van der Waals surface area (Å²) in [5, 5.41) is 0. The van der Waals surface area contributed by atoms with E-state index in [1.54, 1.807) is 0 Å². The van der Waals surface area contributed by atoms with Crippen LogP contribution in [0.5, 0.6) is 0 Å². The average molecular weight is 246 g/mol. The second-order valence-electron chi connectivity index (χ2n) is 5.99. The molecule has 0 spiro atoms. The molecule has 0 amide bonds. The van der Waals surface area contributed by atoms with Crippen LogP contribution in [-0.4, -0.2) is 14.5 Å². The maximum Gasteiger partial charge on any atom is 0.202 e. The molecule has 0 fully saturated rings. The summed E-state index contributed by atoms with van der Waals surface area (Å²) in [6.07, 6.45) is 0. The predicted octanol–water partition coefficient (Wildman–Crippen LogP) is 3.00. The van der Waals surface area contributed by atoms with Crippen LogP contribution >= 0.6 is 0 Å². The van der Waals surface area contributed by atoms with Gasteiger partial charge in [-0.05, 0) is 30.4 Å². The van der Waals surface area contributed by atoms with Crippen molar-refractivity contribution in [2.24, 2.45) is 11.3 Å². The smallest absolute Gasteiger partial charge is 0.202 e. The van der Waals surface area contributed by atoms with Gasteiger partial charge in [0.15, 0.2) is 5.65 Å². The van der Waals surface area contributed by atoms with Crippen molar-refractivity contribution in [1.82, 2.24) is 14.5 Å². The number of fused-ring (bicyclic) bond motifs is 1. The van der Waals surface area contributed by atoms with E-state index in [-0.39, 0.29) is 5.41 Å². The van der Waals surface area contributed by atoms with Crippen molar-refractivity contribution in [2.75, 3.05) is 5.73 Å². The van der Waals surface area contributed by atoms with Crippen molar-refractivity contribution in [2.45, 2.75) is 41.2 Å². The zero-order valence-electron chi connectivity index (χ0n) is 11.9. The van der Waals surface area contributed by atoms with Crippen molar-refractivity contribution in [3.63, 3.8) is 0 Å². The van der Waals surface area contributed by atoms with E-state index < -0.39 is 0 Å². The highest BCUT2D eigenvalue weighted by Crippen LogP contribution is 2.30. The van der Waals surface area contributed by atoms with Crippen molar-refractivity contribution in [3.05, 3.63) is 17.8 Å². The fourth-order valence-corrected chi connectivity index (χ4v) is 1.86. The highest BCUT2D eigenvalue weighted by atomic mass is 15.2. The molecule has 0 atom stereocenters. The lowest BCUT2D eigenvalue weighted by atomic mass is 9.81. The first-order chi connectivity index (χ1) is 8.31. The van der Waals surface area contributed by atoms with E-state index in [1.807, 2.05) is 23.6 Å². The number of nitrogens with zero attached hydrogens (tertiary/aromatic N) is 3. The molecule has 4 heteroatoms. The molecule has 2 rings (SSSR count). The van der Waals surface area contributed by atoms with Crippen LogP contribution in [0.25, 0.3) is 11.2 Å². The number of imidazole rings is 1. The Balaban J connectivity index is 2.50. The van der Waals surface area contributed by atoms with E-state index in [0.29, 0.717) is 11.9 Å². The summed E-state index contributed by atoms with van der Waals surface area (Å²) in [7, 11) is 0. The van der Waals surface area contributed by atoms with Crippen molar-refractivity contribution in [3.8, 4) is 0 Å². The molecule has 2 aromatic rings. The molecule has 0 aromatic carbocycles. The number of hydrogen-bond acceptors (Lipinski definition) is 3. The Morgan fingerprint density at radius 3 is 2.56 bits per heavy atom. The monoisotopic (exact) mass is 246 g/mol. The van der Waals surface area contributed by atoms with Crippen molar-refractivity contribution < 1.29 is 0 Å². The van der Waals surface area contributed by atoms with Gasteiger partial charge in [0.1, 0.15) is 5.52 Å². The van der Waals surface area contributed by atoms with Gasteiger partial charge in [-0.3, -0.25) is 4.57 Å². The molecule has 18 heavy (non-hydrogen) atoms. The summed E-state index contributed by atoms with van der Waals surface area (Å²) in [4.78, 5) is 8.94. The first kappa shape index (κ1) is 12.9. The quantitative estimate of drug-likeness (QED) is 0.905. The molecule has 0 aliphatic carbocycles. The summed E-state index contributed by atoms with van der Waals surface area (Å²) in [6.45, 7) is 11.8. The zero-order valence-corrected chi connectivity index (χ0v) is 11.9. The summed E-state index contributed by atoms with van der Waals surface area (Å²) in [5.74, 6) is 1.12. The summed E-state index contributed by atoms with van der Waals surface area (Å²) < 4.78 is 2.03. The molecule has 0 saturated carbocycles. The molecule has 0 bridgehead atoms. The number of nitrogen functional groups attached to an aromatic ring is 1. The fourth-order valence-electron chi connectivity index (χ4n) is 1.86. The second kappa shape index (κ2) is 4.26. The molecule has 0 saturated heterocycles. The average Bonchev–Trinajstić information content (AvgIpc) is 2.55. The molecular formula is C14H22N4. The van der Waals surface area contributed by atoms with Gasteiger partial charge in [0.2, 0.25) is 5.95 Å². The van der Waals surface area contributed by atoms with E-state index in [2.05, 4.69) is 37.7 Å². The van der Waals surface area contributed by atoms with Crippen LogP contribution in [0.2, 0.25) is 0 Å². The van der Waals surface area contributed by atoms with Gasteiger partial charge in [0.05, 0.1) is 0 Å². The Morgan fingerprint density at radius 1 is 1.28 bits per heavy atom. The fraction of sp³-hybridized carbons (Fsp3) is 0.571. The standard InChI is InChI=1S/C14H22N4/c1-9(2)14(4,5)8-18-12-11(17-13(18)15)7-6-10(3)16-12/h6-7,9H,8H2,1-5H3,(H2,15,17). The number of nitrogens with two attached hydrogens (primary N) is 1. The van der Waals surface area contributed by atoms with Crippen LogP contribution < -0.4 is 5.73 Å². The van der Waals surface area contributed by atoms with Crippen LogP contribution in [0.3, 0.4) is 0 Å². The van der Waals surface area contributed by atoms with Gasteiger partial charge in [-0.25, -0.2) is 9.97 Å². The zero-order chi connectivity index (χ0) is 13.5. The van der Waals surface area contributed by atoms with Gasteiger partial charge in [0, 0.05) is 12.2 Å². The lowest BCUT2D eigenvalue weighted by Crippen LogP contribution is -2.26. The summed E-state index contributed by atoms with van der Waals surface area (Å²) >= 11 is 0. The molecule has 0 aliphatic heterocycles. The summed E-state index contributed by atoms with van der Waals surface area (Å²) in [5.41, 5.74) is 8.94. The van der Waals surface area contributed by atoms with Crippen LogP contribution in [0.1, 0.15) is 33.4 Å². The molecule has 0 aliphatic rings. The van der Waals surface area contributed by atoms with E-state index in [0.717, 1.165) is 23.4 Å². The molecule has 2 heterocycles. The molecule has 98 valence electrons. The molecule has 2 aromatic heterocycles. The third-order valence-electron chi connectivity index (χ3n) is 3.89. The Bertz CT molecular complexity index is 566. The third kappa shape index (κ3) is 2.19. The minimum atomic E-state index is 0.160. The maximum absolute atomic E-state index is 6.02. The van der Waals surface area contributed by atoms with Gasteiger partial charge in [-0.15, -0.1) is 0 Å². The number of hydrogen-bond donors (Lipinski definition) is 1. The van der Waals surface area contributed by atoms with Gasteiger partial charge >= 0.3 is 0 Å². The van der Waals surface area contributed by atoms with Crippen LogP contribution in [0, 0.1) is 18.3 Å². The largest absolute Gasteiger partial charge is 0.369 e. The molecule has 0 unspecified atom stereocenters. The maximum atomic E-state index is 6.02. The first-order valence-electron chi connectivity index (χ1n) is 6.40. The Kier molecular flexibility index (Phi) is 3.05. The number of rotatable bonds is 3. The topological polar surface area (TPSA) is 56.7 Å². The molecule has 2 N–H and O–H groups in total.